The minimum absolute atomic E-state index is 0.0214. The van der Waals surface area contributed by atoms with Crippen molar-refractivity contribution in [2.45, 2.75) is 13.0 Å². The maximum Gasteiger partial charge on any atom is 0.227 e. The zero-order valence-corrected chi connectivity index (χ0v) is 15.5. The average Bonchev–Trinajstić information content (AvgIpc) is 3.02. The average molecular weight is 403 g/mol. The van der Waals surface area contributed by atoms with Crippen molar-refractivity contribution < 1.29 is 14.3 Å². The third kappa shape index (κ3) is 4.20. The Kier molecular flexibility index (Phi) is 5.38. The van der Waals surface area contributed by atoms with E-state index in [1.807, 2.05) is 48.5 Å². The Hall–Kier alpha value is -2.34. The van der Waals surface area contributed by atoms with E-state index in [1.165, 1.54) is 0 Å². The molecule has 25 heavy (non-hydrogen) atoms. The third-order valence-corrected chi connectivity index (χ3v) is 4.79. The molecule has 0 bridgehead atoms. The van der Waals surface area contributed by atoms with Crippen LogP contribution in [-0.4, -0.2) is 25.5 Å². The Morgan fingerprint density at radius 3 is 2.52 bits per heavy atom. The summed E-state index contributed by atoms with van der Waals surface area (Å²) in [5.74, 6) is 0.340. The van der Waals surface area contributed by atoms with E-state index >= 15 is 0 Å². The Morgan fingerprint density at radius 1 is 1.20 bits per heavy atom. The molecule has 3 rings (SSSR count). The first-order valence-electron chi connectivity index (χ1n) is 8.03. The molecule has 2 amide bonds. The number of amides is 2. The Morgan fingerprint density at radius 2 is 1.88 bits per heavy atom. The molecule has 0 spiro atoms. The highest BCUT2D eigenvalue weighted by molar-refractivity contribution is 9.10. The van der Waals surface area contributed by atoms with Crippen molar-refractivity contribution >= 4 is 33.4 Å². The molecule has 5 nitrogen and oxygen atoms in total. The lowest BCUT2D eigenvalue weighted by molar-refractivity contribution is -0.126. The van der Waals surface area contributed by atoms with Crippen LogP contribution in [-0.2, 0) is 16.1 Å². The van der Waals surface area contributed by atoms with Crippen LogP contribution in [0.25, 0.3) is 0 Å². The summed E-state index contributed by atoms with van der Waals surface area (Å²) in [4.78, 5) is 26.3. The van der Waals surface area contributed by atoms with Gasteiger partial charge in [-0.3, -0.25) is 9.59 Å². The summed E-state index contributed by atoms with van der Waals surface area (Å²) in [6.45, 7) is 0.848. The van der Waals surface area contributed by atoms with Crippen molar-refractivity contribution in [2.75, 3.05) is 18.6 Å². The van der Waals surface area contributed by atoms with Crippen LogP contribution < -0.4 is 15.0 Å². The van der Waals surface area contributed by atoms with Crippen LogP contribution in [0.5, 0.6) is 5.75 Å². The normalized spacial score (nSPS) is 16.8. The van der Waals surface area contributed by atoms with Gasteiger partial charge in [0, 0.05) is 29.7 Å². The monoisotopic (exact) mass is 402 g/mol. The highest BCUT2D eigenvalue weighted by Gasteiger charge is 2.34. The van der Waals surface area contributed by atoms with Gasteiger partial charge in [0.05, 0.1) is 13.0 Å². The number of hydrogen-bond acceptors (Lipinski definition) is 3. The molecule has 130 valence electrons. The number of benzene rings is 2. The molecule has 6 heteroatoms. The predicted molar refractivity (Wildman–Crippen MR) is 99.4 cm³/mol. The van der Waals surface area contributed by atoms with E-state index in [2.05, 4.69) is 21.2 Å². The van der Waals surface area contributed by atoms with Crippen LogP contribution in [0.3, 0.4) is 0 Å². The fourth-order valence-electron chi connectivity index (χ4n) is 2.83. The number of carbonyl (C=O) groups excluding carboxylic acids is 2. The zero-order valence-electron chi connectivity index (χ0n) is 13.9. The van der Waals surface area contributed by atoms with E-state index in [4.69, 9.17) is 4.74 Å². The number of hydrogen-bond donors (Lipinski definition) is 1. The fourth-order valence-corrected chi connectivity index (χ4v) is 3.10. The number of carbonyl (C=O) groups is 2. The summed E-state index contributed by atoms with van der Waals surface area (Å²) in [6.07, 6.45) is 0.241. The van der Waals surface area contributed by atoms with E-state index in [1.54, 1.807) is 12.0 Å². The van der Waals surface area contributed by atoms with Gasteiger partial charge in [0.2, 0.25) is 11.8 Å². The molecule has 0 unspecified atom stereocenters. The Balaban J connectivity index is 1.57. The van der Waals surface area contributed by atoms with E-state index in [0.29, 0.717) is 13.1 Å². The predicted octanol–water partition coefficient (Wildman–Crippen LogP) is 3.13. The van der Waals surface area contributed by atoms with Crippen LogP contribution in [0.4, 0.5) is 5.69 Å². The molecule has 0 aromatic heterocycles. The SMILES string of the molecule is COc1ccc(CNC(=O)[C@@H]2CC(=O)N(c3ccc(Br)cc3)C2)cc1. The molecule has 2 aromatic carbocycles. The molecular weight excluding hydrogens is 384 g/mol. The highest BCUT2D eigenvalue weighted by atomic mass is 79.9. The molecule has 1 atom stereocenters. The summed E-state index contributed by atoms with van der Waals surface area (Å²) in [5.41, 5.74) is 1.81. The number of ether oxygens (including phenoxy) is 1. The lowest BCUT2D eigenvalue weighted by Gasteiger charge is -2.16. The number of anilines is 1. The largest absolute Gasteiger partial charge is 0.497 e. The van der Waals surface area contributed by atoms with Crippen molar-refractivity contribution in [2.24, 2.45) is 5.92 Å². The van der Waals surface area contributed by atoms with Crippen LogP contribution >= 0.6 is 15.9 Å². The molecular formula is C19H19BrN2O3. The molecule has 1 fully saturated rings. The summed E-state index contributed by atoms with van der Waals surface area (Å²) in [5, 5.41) is 2.91. The highest BCUT2D eigenvalue weighted by Crippen LogP contribution is 2.26. The number of nitrogens with one attached hydrogen (secondary N) is 1. The van der Waals surface area contributed by atoms with Crippen LogP contribution in [0.1, 0.15) is 12.0 Å². The number of methoxy groups -OCH3 is 1. The lowest BCUT2D eigenvalue weighted by atomic mass is 10.1. The zero-order chi connectivity index (χ0) is 17.8. The van der Waals surface area contributed by atoms with Gasteiger partial charge in [-0.15, -0.1) is 0 Å². The molecule has 0 radical (unpaired) electrons. The summed E-state index contributed by atoms with van der Waals surface area (Å²) >= 11 is 3.38. The second kappa shape index (κ2) is 7.70. The number of rotatable bonds is 5. The van der Waals surface area contributed by atoms with Gasteiger partial charge >= 0.3 is 0 Å². The summed E-state index contributed by atoms with van der Waals surface area (Å²) < 4.78 is 6.07. The van der Waals surface area contributed by atoms with E-state index in [-0.39, 0.29) is 24.2 Å². The van der Waals surface area contributed by atoms with Gasteiger partial charge in [0.25, 0.3) is 0 Å². The second-order valence-corrected chi connectivity index (χ2v) is 6.86. The second-order valence-electron chi connectivity index (χ2n) is 5.95. The van der Waals surface area contributed by atoms with E-state index in [9.17, 15) is 9.59 Å². The van der Waals surface area contributed by atoms with Gasteiger partial charge in [-0.05, 0) is 42.0 Å². The first-order valence-corrected chi connectivity index (χ1v) is 8.82. The van der Waals surface area contributed by atoms with Crippen molar-refractivity contribution in [1.82, 2.24) is 5.32 Å². The first-order chi connectivity index (χ1) is 12.1. The minimum atomic E-state index is -0.325. The molecule has 2 aromatic rings. The number of nitrogens with zero attached hydrogens (tertiary/aromatic N) is 1. The lowest BCUT2D eigenvalue weighted by Crippen LogP contribution is -2.32. The fraction of sp³-hybridized carbons (Fsp3) is 0.263. The van der Waals surface area contributed by atoms with E-state index < -0.39 is 0 Å². The van der Waals surface area contributed by atoms with Gasteiger partial charge in [0.15, 0.2) is 0 Å². The van der Waals surface area contributed by atoms with Gasteiger partial charge in [-0.2, -0.15) is 0 Å². The molecule has 0 aliphatic carbocycles. The van der Waals surface area contributed by atoms with Gasteiger partial charge in [0.1, 0.15) is 5.75 Å². The minimum Gasteiger partial charge on any atom is -0.497 e. The molecule has 1 N–H and O–H groups in total. The Labute approximate surface area is 155 Å². The van der Waals surface area contributed by atoms with Crippen LogP contribution in [0.2, 0.25) is 0 Å². The van der Waals surface area contributed by atoms with Crippen LogP contribution in [0.15, 0.2) is 53.0 Å². The Bertz CT molecular complexity index is 759. The van der Waals surface area contributed by atoms with Gasteiger partial charge < -0.3 is 15.0 Å². The third-order valence-electron chi connectivity index (χ3n) is 4.26. The molecule has 1 saturated heterocycles. The van der Waals surface area contributed by atoms with Crippen LogP contribution in [0, 0.1) is 5.92 Å². The molecule has 1 heterocycles. The van der Waals surface area contributed by atoms with Gasteiger partial charge in [-0.25, -0.2) is 0 Å². The van der Waals surface area contributed by atoms with E-state index in [0.717, 1.165) is 21.5 Å². The topological polar surface area (TPSA) is 58.6 Å². The first kappa shape index (κ1) is 17.5. The van der Waals surface area contributed by atoms with Crippen molar-refractivity contribution in [3.8, 4) is 5.75 Å². The smallest absolute Gasteiger partial charge is 0.227 e. The summed E-state index contributed by atoms with van der Waals surface area (Å²) in [6, 6.07) is 15.1. The summed E-state index contributed by atoms with van der Waals surface area (Å²) in [7, 11) is 1.62. The number of halogens is 1. The van der Waals surface area contributed by atoms with Crippen molar-refractivity contribution in [3.63, 3.8) is 0 Å². The maximum absolute atomic E-state index is 12.4. The van der Waals surface area contributed by atoms with Gasteiger partial charge in [-0.1, -0.05) is 28.1 Å². The molecule has 1 aliphatic heterocycles. The molecule has 0 saturated carbocycles. The van der Waals surface area contributed by atoms with Crippen molar-refractivity contribution in [1.29, 1.82) is 0 Å². The molecule has 1 aliphatic rings. The quantitative estimate of drug-likeness (QED) is 0.835. The standard InChI is InChI=1S/C19H19BrN2O3/c1-25-17-8-2-13(3-9-17)11-21-19(24)14-10-18(23)22(12-14)16-6-4-15(20)5-7-16/h2-9,14H,10-12H2,1H3,(H,21,24)/t14-/m1/s1. The van der Waals surface area contributed by atoms with Crippen molar-refractivity contribution in [3.05, 3.63) is 58.6 Å². The maximum atomic E-state index is 12.4.